The first-order chi connectivity index (χ1) is 6.43. The molecule has 0 bridgehead atoms. The largest absolute Gasteiger partial charge is 0.458 e. The molecule has 2 fully saturated rings. The fraction of sp³-hybridized carbons (Fsp3) is 0.727. The number of rotatable bonds is 0. The topological polar surface area (TPSA) is 46.5 Å². The highest BCUT2D eigenvalue weighted by molar-refractivity contribution is 5.90. The molecule has 2 aliphatic rings. The van der Waals surface area contributed by atoms with Crippen molar-refractivity contribution in [3.05, 3.63) is 12.2 Å². The molecule has 0 radical (unpaired) electrons. The van der Waals surface area contributed by atoms with Gasteiger partial charge >= 0.3 is 5.97 Å². The lowest BCUT2D eigenvalue weighted by Crippen LogP contribution is -2.46. The van der Waals surface area contributed by atoms with E-state index in [1.165, 1.54) is 0 Å². The molecule has 1 aliphatic heterocycles. The van der Waals surface area contributed by atoms with Crippen LogP contribution in [-0.2, 0) is 9.53 Å². The maximum absolute atomic E-state index is 11.3. The average molecular weight is 196 g/mol. The van der Waals surface area contributed by atoms with Crippen molar-refractivity contribution in [3.63, 3.8) is 0 Å². The summed E-state index contributed by atoms with van der Waals surface area (Å²) >= 11 is 0. The second kappa shape index (κ2) is 2.83. The second-order valence-corrected chi connectivity index (χ2v) is 4.69. The summed E-state index contributed by atoms with van der Waals surface area (Å²) in [6.07, 6.45) is 1.34. The summed E-state index contributed by atoms with van der Waals surface area (Å²) in [5, 5.41) is 10.0. The highest BCUT2D eigenvalue weighted by atomic mass is 16.6. The van der Waals surface area contributed by atoms with Crippen molar-refractivity contribution in [3.8, 4) is 0 Å². The Morgan fingerprint density at radius 1 is 1.64 bits per heavy atom. The quantitative estimate of drug-likeness (QED) is 0.468. The van der Waals surface area contributed by atoms with Gasteiger partial charge in [0, 0.05) is 17.4 Å². The van der Waals surface area contributed by atoms with Crippen molar-refractivity contribution in [2.45, 2.75) is 38.4 Å². The van der Waals surface area contributed by atoms with Gasteiger partial charge in [0.2, 0.25) is 0 Å². The molecule has 14 heavy (non-hydrogen) atoms. The van der Waals surface area contributed by atoms with Gasteiger partial charge in [0.15, 0.2) is 0 Å². The van der Waals surface area contributed by atoms with Crippen LogP contribution in [0.3, 0.4) is 0 Å². The average Bonchev–Trinajstić information content (AvgIpc) is 2.38. The molecule has 1 saturated carbocycles. The van der Waals surface area contributed by atoms with E-state index in [4.69, 9.17) is 4.74 Å². The summed E-state index contributed by atoms with van der Waals surface area (Å²) in [6.45, 7) is 7.49. The van der Waals surface area contributed by atoms with E-state index in [0.29, 0.717) is 12.0 Å². The number of hydrogen-bond acceptors (Lipinski definition) is 3. The highest BCUT2D eigenvalue weighted by Gasteiger charge is 2.50. The Morgan fingerprint density at radius 3 is 2.93 bits per heavy atom. The number of aliphatic hydroxyl groups is 1. The summed E-state index contributed by atoms with van der Waals surface area (Å²) < 4.78 is 5.23. The molecule has 3 heteroatoms. The molecule has 0 aromatic heterocycles. The Kier molecular flexibility index (Phi) is 1.96. The van der Waals surface area contributed by atoms with Crippen LogP contribution < -0.4 is 0 Å². The van der Waals surface area contributed by atoms with Crippen LogP contribution in [-0.4, -0.2) is 22.8 Å². The first-order valence-electron chi connectivity index (χ1n) is 5.05. The molecular weight excluding hydrogens is 180 g/mol. The Labute approximate surface area is 83.8 Å². The SMILES string of the molecule is C=C1C(=O)OC2C1CC[C@@](C)(O)[C@H]2C. The van der Waals surface area contributed by atoms with Gasteiger partial charge in [0.25, 0.3) is 0 Å². The lowest BCUT2D eigenvalue weighted by Gasteiger charge is -2.40. The van der Waals surface area contributed by atoms with Crippen molar-refractivity contribution < 1.29 is 14.6 Å². The molecule has 2 unspecified atom stereocenters. The van der Waals surface area contributed by atoms with Crippen LogP contribution in [0.15, 0.2) is 12.2 Å². The first kappa shape index (κ1) is 9.71. The van der Waals surface area contributed by atoms with Gasteiger partial charge in [-0.25, -0.2) is 4.79 Å². The molecule has 1 saturated heterocycles. The standard InChI is InChI=1S/C11H16O3/c1-6-8-4-5-11(3,13)7(2)9(8)14-10(6)12/h7-9,13H,1,4-5H2,2-3H3/t7-,8?,9?,11+/m0/s1. The van der Waals surface area contributed by atoms with E-state index in [-0.39, 0.29) is 23.9 Å². The minimum Gasteiger partial charge on any atom is -0.458 e. The Bertz CT molecular complexity index is 293. The number of esters is 1. The lowest BCUT2D eigenvalue weighted by atomic mass is 9.70. The molecule has 1 heterocycles. The van der Waals surface area contributed by atoms with Gasteiger partial charge in [0.1, 0.15) is 6.10 Å². The fourth-order valence-electron chi connectivity index (χ4n) is 2.45. The fourth-order valence-corrected chi connectivity index (χ4v) is 2.45. The van der Waals surface area contributed by atoms with E-state index in [1.54, 1.807) is 0 Å². The normalized spacial score (nSPS) is 47.5. The van der Waals surface area contributed by atoms with Gasteiger partial charge in [-0.2, -0.15) is 0 Å². The lowest BCUT2D eigenvalue weighted by molar-refractivity contribution is -0.150. The number of hydrogen-bond donors (Lipinski definition) is 1. The van der Waals surface area contributed by atoms with Crippen LogP contribution in [0.4, 0.5) is 0 Å². The van der Waals surface area contributed by atoms with Crippen LogP contribution in [0.2, 0.25) is 0 Å². The second-order valence-electron chi connectivity index (χ2n) is 4.69. The predicted molar refractivity (Wildman–Crippen MR) is 51.5 cm³/mol. The van der Waals surface area contributed by atoms with Gasteiger partial charge in [-0.05, 0) is 19.8 Å². The molecule has 0 amide bonds. The smallest absolute Gasteiger partial charge is 0.334 e. The van der Waals surface area contributed by atoms with Gasteiger partial charge in [-0.3, -0.25) is 0 Å². The van der Waals surface area contributed by atoms with Crippen molar-refractivity contribution in [2.75, 3.05) is 0 Å². The molecule has 4 atom stereocenters. The Morgan fingerprint density at radius 2 is 2.29 bits per heavy atom. The monoisotopic (exact) mass is 196 g/mol. The van der Waals surface area contributed by atoms with Crippen molar-refractivity contribution in [1.82, 2.24) is 0 Å². The molecule has 0 aromatic rings. The van der Waals surface area contributed by atoms with Crippen LogP contribution in [0.5, 0.6) is 0 Å². The third-order valence-corrected chi connectivity index (χ3v) is 3.78. The van der Waals surface area contributed by atoms with Crippen LogP contribution in [0.1, 0.15) is 26.7 Å². The predicted octanol–water partition coefficient (Wildman–Crippen LogP) is 1.27. The van der Waals surface area contributed by atoms with Gasteiger partial charge in [-0.1, -0.05) is 13.5 Å². The van der Waals surface area contributed by atoms with Crippen molar-refractivity contribution >= 4 is 5.97 Å². The van der Waals surface area contributed by atoms with E-state index in [2.05, 4.69) is 6.58 Å². The summed E-state index contributed by atoms with van der Waals surface area (Å²) in [6, 6.07) is 0. The zero-order chi connectivity index (χ0) is 10.5. The molecule has 0 aromatic carbocycles. The van der Waals surface area contributed by atoms with E-state index >= 15 is 0 Å². The zero-order valence-electron chi connectivity index (χ0n) is 8.62. The van der Waals surface area contributed by atoms with Crippen LogP contribution in [0, 0.1) is 11.8 Å². The molecule has 3 nitrogen and oxygen atoms in total. The number of carbonyl (C=O) groups excluding carboxylic acids is 1. The third kappa shape index (κ3) is 1.19. The van der Waals surface area contributed by atoms with Gasteiger partial charge in [-0.15, -0.1) is 0 Å². The summed E-state index contributed by atoms with van der Waals surface area (Å²) in [4.78, 5) is 11.3. The van der Waals surface area contributed by atoms with Crippen molar-refractivity contribution in [2.24, 2.45) is 11.8 Å². The highest BCUT2D eigenvalue weighted by Crippen LogP contribution is 2.44. The maximum atomic E-state index is 11.3. The van der Waals surface area contributed by atoms with E-state index in [0.717, 1.165) is 6.42 Å². The number of ether oxygens (including phenoxy) is 1. The maximum Gasteiger partial charge on any atom is 0.334 e. The summed E-state index contributed by atoms with van der Waals surface area (Å²) in [5.41, 5.74) is -0.135. The molecule has 1 aliphatic carbocycles. The Hall–Kier alpha value is -0.830. The Balaban J connectivity index is 2.26. The summed E-state index contributed by atoms with van der Waals surface area (Å²) in [7, 11) is 0. The zero-order valence-corrected chi connectivity index (χ0v) is 8.62. The van der Waals surface area contributed by atoms with Gasteiger partial charge in [0.05, 0.1) is 5.60 Å². The molecule has 0 spiro atoms. The van der Waals surface area contributed by atoms with Gasteiger partial charge < -0.3 is 9.84 Å². The summed E-state index contributed by atoms with van der Waals surface area (Å²) in [5.74, 6) is -0.174. The minimum atomic E-state index is -0.716. The van der Waals surface area contributed by atoms with E-state index in [9.17, 15) is 9.90 Å². The minimum absolute atomic E-state index is 0.00977. The van der Waals surface area contributed by atoms with Crippen LogP contribution >= 0.6 is 0 Å². The van der Waals surface area contributed by atoms with E-state index in [1.807, 2.05) is 13.8 Å². The third-order valence-electron chi connectivity index (χ3n) is 3.78. The van der Waals surface area contributed by atoms with Crippen LogP contribution in [0.25, 0.3) is 0 Å². The number of carbonyl (C=O) groups is 1. The van der Waals surface area contributed by atoms with Crippen molar-refractivity contribution in [1.29, 1.82) is 0 Å². The molecular formula is C11H16O3. The molecule has 2 rings (SSSR count). The van der Waals surface area contributed by atoms with E-state index < -0.39 is 5.60 Å². The number of fused-ring (bicyclic) bond motifs is 1. The first-order valence-corrected chi connectivity index (χ1v) is 5.05. The molecule has 1 N–H and O–H groups in total. The molecule has 78 valence electrons.